The zero-order valence-electron chi connectivity index (χ0n) is 15.4. The van der Waals surface area contributed by atoms with Gasteiger partial charge in [0.05, 0.1) is 19.4 Å². The lowest BCUT2D eigenvalue weighted by molar-refractivity contribution is 0.0685. The number of hydrogen-bond acceptors (Lipinski definition) is 3. The van der Waals surface area contributed by atoms with Crippen molar-refractivity contribution >= 4 is 40.1 Å². The van der Waals surface area contributed by atoms with E-state index in [1.54, 1.807) is 43.3 Å². The van der Waals surface area contributed by atoms with E-state index in [-0.39, 0.29) is 29.4 Å². The number of rotatable bonds is 5. The fourth-order valence-corrected chi connectivity index (χ4v) is 3.60. The SMILES string of the molecule is Cc1c(C(=O)N(Cc2ccco2)Cc2c(F)cccc2Cl)oc2ccc(Cl)cc12. The van der Waals surface area contributed by atoms with Gasteiger partial charge in [-0.15, -0.1) is 0 Å². The molecule has 0 spiro atoms. The molecule has 0 radical (unpaired) electrons. The molecule has 0 N–H and O–H groups in total. The Morgan fingerprint density at radius 2 is 1.93 bits per heavy atom. The van der Waals surface area contributed by atoms with Crippen LogP contribution in [0.5, 0.6) is 0 Å². The van der Waals surface area contributed by atoms with E-state index in [1.165, 1.54) is 23.3 Å². The van der Waals surface area contributed by atoms with Crippen molar-refractivity contribution in [1.82, 2.24) is 4.90 Å². The third-order valence-corrected chi connectivity index (χ3v) is 5.31. The highest BCUT2D eigenvalue weighted by Gasteiger charge is 2.26. The highest BCUT2D eigenvalue weighted by Crippen LogP contribution is 2.30. The maximum atomic E-state index is 14.4. The Balaban J connectivity index is 1.74. The van der Waals surface area contributed by atoms with Gasteiger partial charge in [0.25, 0.3) is 5.91 Å². The summed E-state index contributed by atoms with van der Waals surface area (Å²) in [5.74, 6) is -0.155. The number of carbonyl (C=O) groups excluding carboxylic acids is 1. The Bertz CT molecular complexity index is 1160. The third kappa shape index (κ3) is 3.88. The molecule has 4 aromatic rings. The molecule has 0 bridgehead atoms. The Labute approximate surface area is 176 Å². The van der Waals surface area contributed by atoms with Gasteiger partial charge >= 0.3 is 0 Å². The van der Waals surface area contributed by atoms with Crippen molar-refractivity contribution in [2.75, 3.05) is 0 Å². The molecule has 0 aliphatic heterocycles. The molecule has 4 nitrogen and oxygen atoms in total. The molecular weight excluding hydrogens is 416 g/mol. The van der Waals surface area contributed by atoms with Gasteiger partial charge in [-0.1, -0.05) is 29.3 Å². The number of amides is 1. The molecule has 4 rings (SSSR count). The number of carbonyl (C=O) groups is 1. The zero-order chi connectivity index (χ0) is 20.5. The summed E-state index contributed by atoms with van der Waals surface area (Å²) >= 11 is 12.3. The van der Waals surface area contributed by atoms with Crippen LogP contribution in [-0.2, 0) is 13.1 Å². The highest BCUT2D eigenvalue weighted by atomic mass is 35.5. The molecule has 7 heteroatoms. The van der Waals surface area contributed by atoms with Crippen LogP contribution in [0.15, 0.2) is 63.6 Å². The first-order chi connectivity index (χ1) is 13.9. The van der Waals surface area contributed by atoms with Crippen molar-refractivity contribution in [3.63, 3.8) is 0 Å². The zero-order valence-corrected chi connectivity index (χ0v) is 16.9. The maximum Gasteiger partial charge on any atom is 0.290 e. The standard InChI is InChI=1S/C22H16Cl2FNO3/c1-13-16-10-14(23)7-8-20(16)29-21(13)22(27)26(11-15-4-3-9-28-15)12-17-18(24)5-2-6-19(17)25/h2-10H,11-12H2,1H3. The van der Waals surface area contributed by atoms with E-state index in [2.05, 4.69) is 0 Å². The highest BCUT2D eigenvalue weighted by molar-refractivity contribution is 6.31. The number of aryl methyl sites for hydroxylation is 1. The predicted molar refractivity (Wildman–Crippen MR) is 110 cm³/mol. The summed E-state index contributed by atoms with van der Waals surface area (Å²) in [6, 6.07) is 13.0. The Morgan fingerprint density at radius 1 is 1.10 bits per heavy atom. The van der Waals surface area contributed by atoms with E-state index in [9.17, 15) is 9.18 Å². The van der Waals surface area contributed by atoms with Gasteiger partial charge in [-0.2, -0.15) is 0 Å². The van der Waals surface area contributed by atoms with E-state index in [4.69, 9.17) is 32.0 Å². The van der Waals surface area contributed by atoms with Crippen LogP contribution in [0.2, 0.25) is 10.0 Å². The maximum absolute atomic E-state index is 14.4. The second kappa shape index (κ2) is 7.93. The third-order valence-electron chi connectivity index (χ3n) is 4.72. The summed E-state index contributed by atoms with van der Waals surface area (Å²) < 4.78 is 25.6. The number of halogens is 3. The van der Waals surface area contributed by atoms with Crippen molar-refractivity contribution in [3.8, 4) is 0 Å². The van der Waals surface area contributed by atoms with Crippen molar-refractivity contribution in [2.24, 2.45) is 0 Å². The fraction of sp³-hybridized carbons (Fsp3) is 0.136. The van der Waals surface area contributed by atoms with Crippen LogP contribution in [0.3, 0.4) is 0 Å². The summed E-state index contributed by atoms with van der Waals surface area (Å²) in [6.07, 6.45) is 1.52. The molecule has 29 heavy (non-hydrogen) atoms. The topological polar surface area (TPSA) is 46.6 Å². The van der Waals surface area contributed by atoms with Gasteiger partial charge in [0.15, 0.2) is 5.76 Å². The van der Waals surface area contributed by atoms with Crippen LogP contribution in [0.4, 0.5) is 4.39 Å². The molecule has 0 unspecified atom stereocenters. The lowest BCUT2D eigenvalue weighted by Gasteiger charge is -2.22. The summed E-state index contributed by atoms with van der Waals surface area (Å²) in [5, 5.41) is 1.55. The minimum Gasteiger partial charge on any atom is -0.467 e. The number of fused-ring (bicyclic) bond motifs is 1. The van der Waals surface area contributed by atoms with Gasteiger partial charge in [0.1, 0.15) is 17.2 Å². The van der Waals surface area contributed by atoms with Crippen LogP contribution in [0.25, 0.3) is 11.0 Å². The molecule has 0 saturated heterocycles. The van der Waals surface area contributed by atoms with Crippen molar-refractivity contribution in [3.05, 3.63) is 93.3 Å². The predicted octanol–water partition coefficient (Wildman–Crippen LogP) is 6.62. The first-order valence-electron chi connectivity index (χ1n) is 8.87. The van der Waals surface area contributed by atoms with Gasteiger partial charge in [-0.25, -0.2) is 4.39 Å². The largest absolute Gasteiger partial charge is 0.467 e. The second-order valence-electron chi connectivity index (χ2n) is 6.64. The molecule has 2 heterocycles. The average Bonchev–Trinajstić information content (AvgIpc) is 3.31. The lowest BCUT2D eigenvalue weighted by atomic mass is 10.1. The first-order valence-corrected chi connectivity index (χ1v) is 9.63. The van der Waals surface area contributed by atoms with E-state index in [0.717, 1.165) is 5.39 Å². The van der Waals surface area contributed by atoms with E-state index >= 15 is 0 Å². The number of furan rings is 2. The quantitative estimate of drug-likeness (QED) is 0.356. The summed E-state index contributed by atoms with van der Waals surface area (Å²) in [4.78, 5) is 14.8. The monoisotopic (exact) mass is 431 g/mol. The molecule has 0 aliphatic rings. The van der Waals surface area contributed by atoms with Crippen molar-refractivity contribution < 1.29 is 18.0 Å². The van der Waals surface area contributed by atoms with Gasteiger partial charge in [-0.3, -0.25) is 4.79 Å². The van der Waals surface area contributed by atoms with Gasteiger partial charge in [-0.05, 0) is 49.4 Å². The van der Waals surface area contributed by atoms with Crippen LogP contribution in [0, 0.1) is 12.7 Å². The minimum atomic E-state index is -0.483. The fourth-order valence-electron chi connectivity index (χ4n) is 3.21. The van der Waals surface area contributed by atoms with Crippen LogP contribution >= 0.6 is 23.2 Å². The molecular formula is C22H16Cl2FNO3. The van der Waals surface area contributed by atoms with Gasteiger partial charge in [0.2, 0.25) is 0 Å². The lowest BCUT2D eigenvalue weighted by Crippen LogP contribution is -2.30. The molecule has 148 valence electrons. The molecule has 0 atom stereocenters. The summed E-state index contributed by atoms with van der Waals surface area (Å²) in [6.45, 7) is 1.88. The van der Waals surface area contributed by atoms with Gasteiger partial charge < -0.3 is 13.7 Å². The molecule has 1 amide bonds. The number of hydrogen-bond donors (Lipinski definition) is 0. The van der Waals surface area contributed by atoms with E-state index in [0.29, 0.717) is 21.9 Å². The smallest absolute Gasteiger partial charge is 0.290 e. The minimum absolute atomic E-state index is 0.0394. The number of nitrogens with zero attached hydrogens (tertiary/aromatic N) is 1. The van der Waals surface area contributed by atoms with Crippen LogP contribution < -0.4 is 0 Å². The molecule has 0 fully saturated rings. The Hall–Kier alpha value is -2.76. The molecule has 2 aromatic carbocycles. The van der Waals surface area contributed by atoms with Crippen LogP contribution in [0.1, 0.15) is 27.4 Å². The van der Waals surface area contributed by atoms with E-state index < -0.39 is 11.7 Å². The second-order valence-corrected chi connectivity index (χ2v) is 7.48. The Morgan fingerprint density at radius 3 is 2.66 bits per heavy atom. The van der Waals surface area contributed by atoms with Gasteiger partial charge in [0, 0.05) is 26.6 Å². The molecule has 0 saturated carbocycles. The first kappa shape index (κ1) is 19.6. The normalized spacial score (nSPS) is 11.2. The summed E-state index contributed by atoms with van der Waals surface area (Å²) in [7, 11) is 0. The molecule has 0 aliphatic carbocycles. The van der Waals surface area contributed by atoms with Crippen molar-refractivity contribution in [2.45, 2.75) is 20.0 Å². The van der Waals surface area contributed by atoms with E-state index in [1.807, 2.05) is 0 Å². The summed E-state index contributed by atoms with van der Waals surface area (Å²) in [5.41, 5.74) is 1.44. The number of benzene rings is 2. The molecule has 2 aromatic heterocycles. The Kier molecular flexibility index (Phi) is 5.35. The average molecular weight is 432 g/mol. The van der Waals surface area contributed by atoms with Crippen molar-refractivity contribution in [1.29, 1.82) is 0 Å². The van der Waals surface area contributed by atoms with Crippen LogP contribution in [-0.4, -0.2) is 10.8 Å².